The Morgan fingerprint density at radius 1 is 1.07 bits per heavy atom. The number of carbonyl (C=O) groups is 2. The average Bonchev–Trinajstić information content (AvgIpc) is 2.70. The molecule has 9 nitrogen and oxygen atoms in total. The molecule has 0 unspecified atom stereocenters. The molecular formula is C18H22ClN3O6S. The molecule has 0 fully saturated rings. The molecule has 0 spiro atoms. The van der Waals surface area contributed by atoms with Gasteiger partial charge in [0.05, 0.1) is 4.90 Å². The summed E-state index contributed by atoms with van der Waals surface area (Å²) >= 11 is 0. The first kappa shape index (κ1) is 24.4. The van der Waals surface area contributed by atoms with Gasteiger partial charge < -0.3 is 20.9 Å². The largest absolute Gasteiger partial charge is 0.492 e. The smallest absolute Gasteiger partial charge is 0.323 e. The van der Waals surface area contributed by atoms with Crippen LogP contribution < -0.4 is 20.5 Å². The number of carboxylic acid groups (broad SMARTS) is 1. The molecule has 0 aliphatic rings. The minimum atomic E-state index is -4.04. The Morgan fingerprint density at radius 2 is 1.69 bits per heavy atom. The Hall–Kier alpha value is -2.66. The Morgan fingerprint density at radius 3 is 2.24 bits per heavy atom. The minimum absolute atomic E-state index is 0. The highest BCUT2D eigenvalue weighted by Crippen LogP contribution is 2.12. The van der Waals surface area contributed by atoms with Gasteiger partial charge >= 0.3 is 5.97 Å². The second-order valence-electron chi connectivity index (χ2n) is 5.70. The van der Waals surface area contributed by atoms with Crippen molar-refractivity contribution in [2.24, 2.45) is 5.73 Å². The van der Waals surface area contributed by atoms with Crippen LogP contribution in [-0.4, -0.2) is 51.1 Å². The molecule has 0 aromatic heterocycles. The molecule has 11 heteroatoms. The van der Waals surface area contributed by atoms with E-state index in [1.807, 2.05) is 0 Å². The fourth-order valence-electron chi connectivity index (χ4n) is 2.21. The molecular weight excluding hydrogens is 422 g/mol. The topological polar surface area (TPSA) is 148 Å². The number of hydrogen-bond donors (Lipinski definition) is 4. The summed E-state index contributed by atoms with van der Waals surface area (Å²) in [5.74, 6) is -1.41. The maximum atomic E-state index is 12.3. The van der Waals surface area contributed by atoms with Crippen LogP contribution in [0.1, 0.15) is 10.4 Å². The molecule has 1 atom stereocenters. The fourth-order valence-corrected chi connectivity index (χ4v) is 3.42. The third kappa shape index (κ3) is 7.35. The van der Waals surface area contributed by atoms with E-state index in [0.29, 0.717) is 18.9 Å². The molecule has 0 saturated carbocycles. The molecule has 29 heavy (non-hydrogen) atoms. The molecule has 2 aromatic rings. The van der Waals surface area contributed by atoms with Crippen molar-refractivity contribution < 1.29 is 27.9 Å². The SMILES string of the molecule is Cl.NCCOc1ccc(C(=O)NC[C@H](NS(=O)(=O)c2ccccc2)C(=O)O)cc1. The van der Waals surface area contributed by atoms with Crippen molar-refractivity contribution >= 4 is 34.3 Å². The van der Waals surface area contributed by atoms with Gasteiger partial charge in [0.2, 0.25) is 10.0 Å². The monoisotopic (exact) mass is 443 g/mol. The molecule has 0 bridgehead atoms. The zero-order valence-electron chi connectivity index (χ0n) is 15.3. The highest BCUT2D eigenvalue weighted by Gasteiger charge is 2.25. The van der Waals surface area contributed by atoms with E-state index in [1.54, 1.807) is 18.2 Å². The number of ether oxygens (including phenoxy) is 1. The summed E-state index contributed by atoms with van der Waals surface area (Å²) in [6, 6.07) is 12.0. The van der Waals surface area contributed by atoms with Crippen LogP contribution in [0.2, 0.25) is 0 Å². The van der Waals surface area contributed by atoms with Gasteiger partial charge in [0.25, 0.3) is 5.91 Å². The van der Waals surface area contributed by atoms with Crippen LogP contribution in [0.3, 0.4) is 0 Å². The summed E-state index contributed by atoms with van der Waals surface area (Å²) in [7, 11) is -4.04. The van der Waals surface area contributed by atoms with Crippen molar-refractivity contribution in [1.29, 1.82) is 0 Å². The normalized spacial score (nSPS) is 11.8. The molecule has 158 valence electrons. The Balaban J connectivity index is 0.00000420. The van der Waals surface area contributed by atoms with Crippen LogP contribution in [0.15, 0.2) is 59.5 Å². The predicted octanol–water partition coefficient (Wildman–Crippen LogP) is 0.607. The Labute approximate surface area is 174 Å². The number of benzene rings is 2. The predicted molar refractivity (Wildman–Crippen MR) is 109 cm³/mol. The molecule has 0 radical (unpaired) electrons. The summed E-state index contributed by atoms with van der Waals surface area (Å²) in [6.45, 7) is 0.275. The van der Waals surface area contributed by atoms with Crippen LogP contribution in [0.5, 0.6) is 5.75 Å². The Kier molecular flexibility index (Phi) is 9.56. The quantitative estimate of drug-likeness (QED) is 0.420. The lowest BCUT2D eigenvalue weighted by Gasteiger charge is -2.16. The fraction of sp³-hybridized carbons (Fsp3) is 0.222. The van der Waals surface area contributed by atoms with E-state index in [4.69, 9.17) is 10.5 Å². The van der Waals surface area contributed by atoms with Crippen molar-refractivity contribution in [2.75, 3.05) is 19.7 Å². The maximum absolute atomic E-state index is 12.3. The summed E-state index contributed by atoms with van der Waals surface area (Å²) in [5, 5.41) is 11.7. The minimum Gasteiger partial charge on any atom is -0.492 e. The van der Waals surface area contributed by atoms with Gasteiger partial charge in [-0.15, -0.1) is 12.4 Å². The molecule has 2 rings (SSSR count). The Bertz CT molecular complexity index is 907. The van der Waals surface area contributed by atoms with Gasteiger partial charge in [0.15, 0.2) is 0 Å². The van der Waals surface area contributed by atoms with Crippen LogP contribution >= 0.6 is 12.4 Å². The third-order valence-corrected chi connectivity index (χ3v) is 5.11. The molecule has 5 N–H and O–H groups in total. The van der Waals surface area contributed by atoms with Crippen LogP contribution in [0, 0.1) is 0 Å². The number of nitrogens with two attached hydrogens (primary N) is 1. The molecule has 0 heterocycles. The zero-order valence-corrected chi connectivity index (χ0v) is 16.9. The van der Waals surface area contributed by atoms with Gasteiger partial charge in [-0.05, 0) is 36.4 Å². The van der Waals surface area contributed by atoms with Crippen molar-refractivity contribution in [1.82, 2.24) is 10.0 Å². The lowest BCUT2D eigenvalue weighted by atomic mass is 10.2. The second-order valence-corrected chi connectivity index (χ2v) is 7.41. The summed E-state index contributed by atoms with van der Waals surface area (Å²) in [5.41, 5.74) is 5.62. The zero-order chi connectivity index (χ0) is 20.6. The average molecular weight is 444 g/mol. The van der Waals surface area contributed by atoms with Gasteiger partial charge in [-0.2, -0.15) is 4.72 Å². The number of carboxylic acids is 1. The molecule has 0 aliphatic carbocycles. The lowest BCUT2D eigenvalue weighted by Crippen LogP contribution is -2.48. The van der Waals surface area contributed by atoms with E-state index in [1.165, 1.54) is 36.4 Å². The molecule has 1 amide bonds. The summed E-state index contributed by atoms with van der Waals surface area (Å²) < 4.78 is 31.9. The first-order chi connectivity index (χ1) is 13.3. The van der Waals surface area contributed by atoms with Crippen LogP contribution in [0.25, 0.3) is 0 Å². The number of nitrogens with one attached hydrogen (secondary N) is 2. The van der Waals surface area contributed by atoms with E-state index < -0.39 is 34.5 Å². The maximum Gasteiger partial charge on any atom is 0.323 e. The van der Waals surface area contributed by atoms with Crippen LogP contribution in [-0.2, 0) is 14.8 Å². The lowest BCUT2D eigenvalue weighted by molar-refractivity contribution is -0.138. The van der Waals surface area contributed by atoms with E-state index >= 15 is 0 Å². The van der Waals surface area contributed by atoms with E-state index in [9.17, 15) is 23.1 Å². The summed E-state index contributed by atoms with van der Waals surface area (Å²) in [4.78, 5) is 23.5. The van der Waals surface area contributed by atoms with Crippen molar-refractivity contribution in [3.05, 3.63) is 60.2 Å². The van der Waals surface area contributed by atoms with Gasteiger partial charge in [0.1, 0.15) is 18.4 Å². The van der Waals surface area contributed by atoms with Gasteiger partial charge in [-0.3, -0.25) is 9.59 Å². The first-order valence-corrected chi connectivity index (χ1v) is 9.83. The van der Waals surface area contributed by atoms with Gasteiger partial charge in [0, 0.05) is 18.7 Å². The van der Waals surface area contributed by atoms with Gasteiger partial charge in [-0.1, -0.05) is 18.2 Å². The number of rotatable bonds is 10. The highest BCUT2D eigenvalue weighted by molar-refractivity contribution is 7.89. The number of aliphatic carboxylic acids is 1. The van der Waals surface area contributed by atoms with Gasteiger partial charge in [-0.25, -0.2) is 8.42 Å². The second kappa shape index (κ2) is 11.4. The number of sulfonamides is 1. The van der Waals surface area contributed by atoms with Crippen molar-refractivity contribution in [2.45, 2.75) is 10.9 Å². The number of carbonyl (C=O) groups excluding carboxylic acids is 1. The first-order valence-electron chi connectivity index (χ1n) is 8.35. The number of halogens is 1. The van der Waals surface area contributed by atoms with Crippen molar-refractivity contribution in [3.63, 3.8) is 0 Å². The highest BCUT2D eigenvalue weighted by atomic mass is 35.5. The molecule has 2 aromatic carbocycles. The number of hydrogen-bond acceptors (Lipinski definition) is 6. The van der Waals surface area contributed by atoms with E-state index in [0.717, 1.165) is 0 Å². The third-order valence-electron chi connectivity index (χ3n) is 3.62. The standard InChI is InChI=1S/C18H21N3O6S.ClH/c19-10-11-27-14-8-6-13(7-9-14)17(22)20-12-16(18(23)24)21-28(25,26)15-4-2-1-3-5-15;/h1-9,16,21H,10-12,19H2,(H,20,22)(H,23,24);1H/t16-;/m0./s1. The van der Waals surface area contributed by atoms with E-state index in [-0.39, 0.29) is 22.9 Å². The summed E-state index contributed by atoms with van der Waals surface area (Å²) in [6.07, 6.45) is 0. The molecule has 0 saturated heterocycles. The number of amides is 1. The molecule has 0 aliphatic heterocycles. The van der Waals surface area contributed by atoms with E-state index in [2.05, 4.69) is 10.0 Å². The van der Waals surface area contributed by atoms with Crippen LogP contribution in [0.4, 0.5) is 0 Å². The van der Waals surface area contributed by atoms with Crippen molar-refractivity contribution in [3.8, 4) is 5.75 Å².